The highest BCUT2D eigenvalue weighted by atomic mass is 15.5. The largest absolute Gasteiger partial charge is 0.362 e. The van der Waals surface area contributed by atoms with Gasteiger partial charge in [0.1, 0.15) is 5.82 Å². The number of hydrogen-bond acceptors (Lipinski definition) is 6. The summed E-state index contributed by atoms with van der Waals surface area (Å²) in [4.78, 5) is 9.32. The van der Waals surface area contributed by atoms with Crippen molar-refractivity contribution in [3.63, 3.8) is 0 Å². The summed E-state index contributed by atoms with van der Waals surface area (Å²) < 4.78 is 0. The number of benzene rings is 1. The number of hydrazine groups is 1. The Morgan fingerprint density at radius 2 is 1.78 bits per heavy atom. The molecule has 5 rings (SSSR count). The molecule has 1 fully saturated rings. The van der Waals surface area contributed by atoms with Crippen molar-refractivity contribution < 1.29 is 0 Å². The van der Waals surface area contributed by atoms with Crippen LogP contribution in [-0.4, -0.2) is 35.1 Å². The Hall–Kier alpha value is -3.48. The predicted octanol–water partition coefficient (Wildman–Crippen LogP) is 6.86. The first kappa shape index (κ1) is 26.6. The van der Waals surface area contributed by atoms with Crippen LogP contribution >= 0.6 is 0 Å². The molecule has 2 aromatic heterocycles. The average molecular weight is 497 g/mol. The summed E-state index contributed by atoms with van der Waals surface area (Å²) in [5.74, 6) is 1.40. The third kappa shape index (κ3) is 6.64. The minimum Gasteiger partial charge on any atom is -0.362 e. The van der Waals surface area contributed by atoms with Gasteiger partial charge in [0.25, 0.3) is 0 Å². The predicted molar refractivity (Wildman–Crippen MR) is 156 cm³/mol. The van der Waals surface area contributed by atoms with E-state index in [1.165, 1.54) is 31.2 Å². The van der Waals surface area contributed by atoms with E-state index in [0.717, 1.165) is 58.2 Å². The van der Waals surface area contributed by atoms with E-state index in [1.807, 2.05) is 32.6 Å². The summed E-state index contributed by atoms with van der Waals surface area (Å²) in [5, 5.41) is 9.05. The van der Waals surface area contributed by atoms with Crippen LogP contribution in [0.25, 0.3) is 23.0 Å². The molecule has 0 atom stereocenters. The molecule has 2 aliphatic heterocycles. The second-order valence-electron chi connectivity index (χ2n) is 9.76. The molecule has 3 aromatic rings. The zero-order valence-corrected chi connectivity index (χ0v) is 22.6. The van der Waals surface area contributed by atoms with Crippen LogP contribution in [0.4, 0.5) is 11.5 Å². The van der Waals surface area contributed by atoms with Crippen LogP contribution in [0.5, 0.6) is 0 Å². The molecule has 194 valence electrons. The number of unbranched alkanes of at least 4 members (excludes halogenated alkanes) is 1. The maximum Gasteiger partial charge on any atom is 0.141 e. The number of pyridine rings is 2. The van der Waals surface area contributed by atoms with Crippen molar-refractivity contribution in [3.05, 3.63) is 83.8 Å². The van der Waals surface area contributed by atoms with Crippen molar-refractivity contribution in [1.82, 2.24) is 25.7 Å². The van der Waals surface area contributed by atoms with E-state index in [1.54, 1.807) is 0 Å². The molecule has 0 bridgehead atoms. The van der Waals surface area contributed by atoms with E-state index in [0.29, 0.717) is 5.92 Å². The highest BCUT2D eigenvalue weighted by molar-refractivity contribution is 5.86. The summed E-state index contributed by atoms with van der Waals surface area (Å²) in [6.07, 6.45) is 12.7. The SMILES string of the molecule is C=C1NC=Cc2cc(-c3cncc(C)c3)nc(Nc3ccc(C4CCN(NC)CC4)cc3)c21.CCCC. The average Bonchev–Trinajstić information content (AvgIpc) is 2.93. The Balaban J connectivity index is 0.000000747. The molecule has 0 aliphatic carbocycles. The first-order valence-electron chi connectivity index (χ1n) is 13.4. The smallest absolute Gasteiger partial charge is 0.141 e. The Morgan fingerprint density at radius 1 is 1.05 bits per heavy atom. The van der Waals surface area contributed by atoms with Gasteiger partial charge in [0.05, 0.1) is 5.69 Å². The molecule has 0 radical (unpaired) electrons. The van der Waals surface area contributed by atoms with E-state index in [9.17, 15) is 0 Å². The van der Waals surface area contributed by atoms with E-state index in [2.05, 4.69) is 89.0 Å². The number of hydrogen-bond donors (Lipinski definition) is 3. The Morgan fingerprint density at radius 3 is 2.43 bits per heavy atom. The molecule has 0 spiro atoms. The first-order chi connectivity index (χ1) is 18.0. The molecule has 6 heteroatoms. The minimum absolute atomic E-state index is 0.612. The Kier molecular flexibility index (Phi) is 9.09. The monoisotopic (exact) mass is 496 g/mol. The molecule has 6 nitrogen and oxygen atoms in total. The van der Waals surface area contributed by atoms with Gasteiger partial charge in [-0.25, -0.2) is 9.99 Å². The number of rotatable bonds is 6. The van der Waals surface area contributed by atoms with Crippen molar-refractivity contribution in [2.75, 3.05) is 25.5 Å². The lowest BCUT2D eigenvalue weighted by molar-refractivity contribution is 0.159. The van der Waals surface area contributed by atoms with Crippen LogP contribution in [0.2, 0.25) is 0 Å². The van der Waals surface area contributed by atoms with Gasteiger partial charge < -0.3 is 10.6 Å². The van der Waals surface area contributed by atoms with Gasteiger partial charge >= 0.3 is 0 Å². The van der Waals surface area contributed by atoms with Gasteiger partial charge in [-0.1, -0.05) is 45.4 Å². The van der Waals surface area contributed by atoms with Gasteiger partial charge in [-0.2, -0.15) is 0 Å². The molecule has 0 saturated carbocycles. The topological polar surface area (TPSA) is 65.1 Å². The molecule has 0 amide bonds. The van der Waals surface area contributed by atoms with E-state index >= 15 is 0 Å². The van der Waals surface area contributed by atoms with Crippen molar-refractivity contribution in [2.45, 2.75) is 52.4 Å². The van der Waals surface area contributed by atoms with Crippen LogP contribution in [0.1, 0.15) is 67.7 Å². The fraction of sp³-hybridized carbons (Fsp3) is 0.355. The zero-order valence-electron chi connectivity index (χ0n) is 22.6. The molecule has 1 saturated heterocycles. The number of anilines is 2. The lowest BCUT2D eigenvalue weighted by Crippen LogP contribution is -2.40. The minimum atomic E-state index is 0.612. The summed E-state index contributed by atoms with van der Waals surface area (Å²) in [6, 6.07) is 13.0. The zero-order chi connectivity index (χ0) is 26.2. The highest BCUT2D eigenvalue weighted by Crippen LogP contribution is 2.34. The molecule has 0 unspecified atom stereocenters. The molecular formula is C31H40N6. The molecular weight excluding hydrogens is 456 g/mol. The van der Waals surface area contributed by atoms with Gasteiger partial charge in [0, 0.05) is 54.2 Å². The number of nitrogens with zero attached hydrogens (tertiary/aromatic N) is 3. The lowest BCUT2D eigenvalue weighted by Gasteiger charge is -2.31. The van der Waals surface area contributed by atoms with Crippen LogP contribution in [0.3, 0.4) is 0 Å². The normalized spacial score (nSPS) is 15.4. The van der Waals surface area contributed by atoms with Crippen LogP contribution in [0, 0.1) is 6.92 Å². The van der Waals surface area contributed by atoms with Gasteiger partial charge in [-0.15, -0.1) is 0 Å². The van der Waals surface area contributed by atoms with Crippen molar-refractivity contribution in [1.29, 1.82) is 0 Å². The van der Waals surface area contributed by atoms with Gasteiger partial charge in [-0.3, -0.25) is 10.4 Å². The molecule has 4 heterocycles. The summed E-state index contributed by atoms with van der Waals surface area (Å²) in [7, 11) is 2.00. The summed E-state index contributed by atoms with van der Waals surface area (Å²) in [6.45, 7) is 12.8. The lowest BCUT2D eigenvalue weighted by atomic mass is 9.90. The number of aromatic nitrogens is 2. The maximum absolute atomic E-state index is 4.97. The van der Waals surface area contributed by atoms with Crippen molar-refractivity contribution in [2.24, 2.45) is 0 Å². The Bertz CT molecular complexity index is 1220. The van der Waals surface area contributed by atoms with Gasteiger partial charge in [0.15, 0.2) is 0 Å². The van der Waals surface area contributed by atoms with Gasteiger partial charge in [0.2, 0.25) is 0 Å². The third-order valence-electron chi connectivity index (χ3n) is 7.00. The number of piperidine rings is 1. The van der Waals surface area contributed by atoms with Gasteiger partial charge in [-0.05, 0) is 79.8 Å². The maximum atomic E-state index is 4.97. The first-order valence-corrected chi connectivity index (χ1v) is 13.4. The quantitative estimate of drug-likeness (QED) is 0.346. The standard InChI is InChI=1S/C27H30N6.C4H10/c1-18-14-23(17-29-16-18)25-15-22-8-11-30-19(2)26(22)27(32-25)31-24-6-4-20(5-7-24)21-9-12-33(28-3)13-10-21;1-3-4-2/h4-8,11,14-17,21,28,30H,2,9-10,12-13H2,1,3H3,(H,31,32);3-4H2,1-2H3. The van der Waals surface area contributed by atoms with E-state index in [-0.39, 0.29) is 0 Å². The van der Waals surface area contributed by atoms with Crippen molar-refractivity contribution in [3.8, 4) is 11.3 Å². The van der Waals surface area contributed by atoms with Crippen LogP contribution < -0.4 is 16.1 Å². The van der Waals surface area contributed by atoms with E-state index < -0.39 is 0 Å². The number of nitrogens with one attached hydrogen (secondary N) is 3. The number of aryl methyl sites for hydroxylation is 1. The number of fused-ring (bicyclic) bond motifs is 1. The molecule has 1 aromatic carbocycles. The van der Waals surface area contributed by atoms with Crippen LogP contribution in [-0.2, 0) is 0 Å². The fourth-order valence-electron chi connectivity index (χ4n) is 4.66. The fourth-order valence-corrected chi connectivity index (χ4v) is 4.66. The second-order valence-corrected chi connectivity index (χ2v) is 9.76. The molecule has 3 N–H and O–H groups in total. The molecule has 2 aliphatic rings. The second kappa shape index (κ2) is 12.7. The Labute approximate surface area is 221 Å². The van der Waals surface area contributed by atoms with E-state index in [4.69, 9.17) is 4.98 Å². The summed E-state index contributed by atoms with van der Waals surface area (Å²) in [5.41, 5.74) is 11.6. The highest BCUT2D eigenvalue weighted by Gasteiger charge is 2.20. The molecule has 37 heavy (non-hydrogen) atoms. The summed E-state index contributed by atoms with van der Waals surface area (Å²) >= 11 is 0. The van der Waals surface area contributed by atoms with Crippen molar-refractivity contribution >= 4 is 23.3 Å². The third-order valence-corrected chi connectivity index (χ3v) is 7.00. The van der Waals surface area contributed by atoms with Crippen LogP contribution in [0.15, 0.2) is 61.6 Å².